The highest BCUT2D eigenvalue weighted by Crippen LogP contribution is 2.31. The molecular weight excluding hydrogens is 194 g/mol. The Labute approximate surface area is 96.9 Å². The fraction of sp³-hybridized carbons (Fsp3) is 0.333. The summed E-state index contributed by atoms with van der Waals surface area (Å²) in [5, 5.41) is 4.75. The van der Waals surface area contributed by atoms with Crippen LogP contribution in [0.4, 0.5) is 0 Å². The lowest BCUT2D eigenvalue weighted by molar-refractivity contribution is 0.659. The van der Waals surface area contributed by atoms with Crippen LogP contribution in [0.1, 0.15) is 31.2 Å². The van der Waals surface area contributed by atoms with Crippen LogP contribution in [0.25, 0.3) is 0 Å². The van der Waals surface area contributed by atoms with Crippen molar-refractivity contribution in [1.29, 1.82) is 0 Å². The summed E-state index contributed by atoms with van der Waals surface area (Å²) in [7, 11) is 0. The molecule has 0 saturated carbocycles. The van der Waals surface area contributed by atoms with Crippen molar-refractivity contribution in [1.82, 2.24) is 5.32 Å². The summed E-state index contributed by atoms with van der Waals surface area (Å²) in [5.74, 6) is 0. The van der Waals surface area contributed by atoms with Gasteiger partial charge in [0.05, 0.1) is 0 Å². The maximum absolute atomic E-state index is 4.75. The summed E-state index contributed by atoms with van der Waals surface area (Å²) in [6.07, 6.45) is 8.36. The zero-order valence-electron chi connectivity index (χ0n) is 9.45. The Hall–Kier alpha value is -1.50. The Kier molecular flexibility index (Phi) is 2.53. The first kappa shape index (κ1) is 9.71. The summed E-state index contributed by atoms with van der Waals surface area (Å²) in [6.45, 7) is 0. The molecule has 3 rings (SSSR count). The molecule has 0 saturated heterocycles. The molecule has 1 aliphatic carbocycles. The van der Waals surface area contributed by atoms with E-state index in [-0.39, 0.29) is 0 Å². The lowest BCUT2D eigenvalue weighted by atomic mass is 9.98. The predicted molar refractivity (Wildman–Crippen MR) is 65.9 cm³/mol. The Morgan fingerprint density at radius 2 is 1.81 bits per heavy atom. The molecular formula is C15H16N. The molecule has 2 aliphatic rings. The van der Waals surface area contributed by atoms with Gasteiger partial charge in [-0.3, -0.25) is 5.32 Å². The molecule has 0 fully saturated rings. The van der Waals surface area contributed by atoms with Gasteiger partial charge in [0, 0.05) is 17.8 Å². The van der Waals surface area contributed by atoms with Gasteiger partial charge < -0.3 is 0 Å². The Balaban J connectivity index is 1.71. The van der Waals surface area contributed by atoms with Gasteiger partial charge >= 0.3 is 0 Å². The van der Waals surface area contributed by atoms with Crippen molar-refractivity contribution in [3.63, 3.8) is 0 Å². The van der Waals surface area contributed by atoms with Gasteiger partial charge in [-0.15, -0.1) is 0 Å². The lowest BCUT2D eigenvalue weighted by Crippen LogP contribution is -2.05. The number of benzene rings is 1. The maximum Gasteiger partial charge on any atom is 0.0454 e. The molecule has 1 aromatic carbocycles. The van der Waals surface area contributed by atoms with Crippen LogP contribution in [0.5, 0.6) is 0 Å². The quantitative estimate of drug-likeness (QED) is 0.708. The van der Waals surface area contributed by atoms with Crippen LogP contribution >= 0.6 is 0 Å². The van der Waals surface area contributed by atoms with Gasteiger partial charge in [0.15, 0.2) is 0 Å². The van der Waals surface area contributed by atoms with E-state index >= 15 is 0 Å². The van der Waals surface area contributed by atoms with Gasteiger partial charge in [0.1, 0.15) is 0 Å². The largest absolute Gasteiger partial charge is 0.257 e. The van der Waals surface area contributed by atoms with E-state index in [0.29, 0.717) is 0 Å². The van der Waals surface area contributed by atoms with E-state index in [2.05, 4.69) is 36.4 Å². The highest BCUT2D eigenvalue weighted by Gasteiger charge is 2.19. The second-order valence-electron chi connectivity index (χ2n) is 4.59. The molecule has 1 aliphatic heterocycles. The third kappa shape index (κ3) is 1.90. The van der Waals surface area contributed by atoms with Crippen molar-refractivity contribution in [2.45, 2.75) is 32.1 Å². The van der Waals surface area contributed by atoms with Crippen molar-refractivity contribution in [2.75, 3.05) is 0 Å². The Bertz CT molecular complexity index is 440. The van der Waals surface area contributed by atoms with E-state index in [1.807, 2.05) is 0 Å². The van der Waals surface area contributed by atoms with Crippen LogP contribution < -0.4 is 5.32 Å². The molecule has 1 heteroatoms. The molecule has 0 bridgehead atoms. The van der Waals surface area contributed by atoms with E-state index in [9.17, 15) is 0 Å². The summed E-state index contributed by atoms with van der Waals surface area (Å²) in [4.78, 5) is 0. The van der Waals surface area contributed by atoms with Gasteiger partial charge in [-0.25, -0.2) is 0 Å². The van der Waals surface area contributed by atoms with E-state index in [0.717, 1.165) is 6.42 Å². The minimum atomic E-state index is 0.980. The SMILES string of the molecule is C1=C(Cc2ccccc2)[N]C2=C1CCCC2. The first-order valence-electron chi connectivity index (χ1n) is 6.10. The molecule has 0 atom stereocenters. The lowest BCUT2D eigenvalue weighted by Gasteiger charge is -2.11. The van der Waals surface area contributed by atoms with Crippen LogP contribution in [0, 0.1) is 0 Å². The smallest absolute Gasteiger partial charge is 0.0454 e. The number of hydrogen-bond donors (Lipinski definition) is 0. The molecule has 1 aromatic rings. The molecule has 0 N–H and O–H groups in total. The second kappa shape index (κ2) is 4.17. The zero-order chi connectivity index (χ0) is 10.8. The predicted octanol–water partition coefficient (Wildman–Crippen LogP) is 3.56. The monoisotopic (exact) mass is 210 g/mol. The highest BCUT2D eigenvalue weighted by atomic mass is 14.9. The third-order valence-corrected chi connectivity index (χ3v) is 3.33. The molecule has 16 heavy (non-hydrogen) atoms. The van der Waals surface area contributed by atoms with Gasteiger partial charge in [-0.2, -0.15) is 0 Å². The van der Waals surface area contributed by atoms with E-state index in [1.165, 1.54) is 48.2 Å². The first-order chi connectivity index (χ1) is 7.92. The average molecular weight is 210 g/mol. The summed E-state index contributed by atoms with van der Waals surface area (Å²) < 4.78 is 0. The average Bonchev–Trinajstić information content (AvgIpc) is 2.72. The molecule has 1 heterocycles. The normalized spacial score (nSPS) is 19.1. The first-order valence-corrected chi connectivity index (χ1v) is 6.10. The molecule has 1 radical (unpaired) electrons. The summed E-state index contributed by atoms with van der Waals surface area (Å²) >= 11 is 0. The zero-order valence-corrected chi connectivity index (χ0v) is 9.45. The standard InChI is InChI=1S/C15H16N/c1-2-6-12(7-3-1)10-14-11-13-8-4-5-9-15(13)16-14/h1-3,6-7,11H,4-5,8-10H2. The summed E-state index contributed by atoms with van der Waals surface area (Å²) in [5.41, 5.74) is 5.46. The van der Waals surface area contributed by atoms with E-state index in [4.69, 9.17) is 5.32 Å². The number of allylic oxidation sites excluding steroid dienone is 4. The fourth-order valence-electron chi connectivity index (χ4n) is 2.50. The van der Waals surface area contributed by atoms with Crippen LogP contribution in [-0.2, 0) is 6.42 Å². The van der Waals surface area contributed by atoms with Gasteiger partial charge in [0.2, 0.25) is 0 Å². The molecule has 81 valence electrons. The number of rotatable bonds is 2. The van der Waals surface area contributed by atoms with E-state index in [1.54, 1.807) is 0 Å². The van der Waals surface area contributed by atoms with Crippen molar-refractivity contribution in [2.24, 2.45) is 0 Å². The molecule has 0 spiro atoms. The molecule has 0 unspecified atom stereocenters. The van der Waals surface area contributed by atoms with Crippen molar-refractivity contribution in [3.8, 4) is 0 Å². The van der Waals surface area contributed by atoms with Crippen molar-refractivity contribution >= 4 is 0 Å². The van der Waals surface area contributed by atoms with Crippen LogP contribution in [0.3, 0.4) is 0 Å². The fourth-order valence-corrected chi connectivity index (χ4v) is 2.50. The molecule has 0 amide bonds. The van der Waals surface area contributed by atoms with Gasteiger partial charge in [-0.1, -0.05) is 30.3 Å². The minimum Gasteiger partial charge on any atom is -0.257 e. The maximum atomic E-state index is 4.75. The summed E-state index contributed by atoms with van der Waals surface area (Å²) in [6, 6.07) is 10.6. The van der Waals surface area contributed by atoms with E-state index < -0.39 is 0 Å². The Morgan fingerprint density at radius 1 is 1.00 bits per heavy atom. The van der Waals surface area contributed by atoms with Crippen LogP contribution in [0.15, 0.2) is 53.4 Å². The number of hydrogen-bond acceptors (Lipinski definition) is 0. The highest BCUT2D eigenvalue weighted by molar-refractivity contribution is 5.39. The Morgan fingerprint density at radius 3 is 2.62 bits per heavy atom. The van der Waals surface area contributed by atoms with Crippen molar-refractivity contribution in [3.05, 3.63) is 58.9 Å². The topological polar surface area (TPSA) is 14.1 Å². The molecule has 0 aromatic heterocycles. The molecule has 1 nitrogen and oxygen atoms in total. The second-order valence-corrected chi connectivity index (χ2v) is 4.59. The van der Waals surface area contributed by atoms with Gasteiger partial charge in [0.25, 0.3) is 0 Å². The number of nitrogens with zero attached hydrogens (tertiary/aromatic N) is 1. The van der Waals surface area contributed by atoms with Crippen molar-refractivity contribution < 1.29 is 0 Å². The third-order valence-electron chi connectivity index (χ3n) is 3.33. The van der Waals surface area contributed by atoms with Crippen LogP contribution in [0.2, 0.25) is 0 Å². The van der Waals surface area contributed by atoms with Crippen LogP contribution in [-0.4, -0.2) is 0 Å². The minimum absolute atomic E-state index is 0.980. The van der Waals surface area contributed by atoms with Gasteiger partial charge in [-0.05, 0) is 42.9 Å².